The molecule has 2 unspecified atom stereocenters. The van der Waals surface area contributed by atoms with Gasteiger partial charge in [-0.2, -0.15) is 0 Å². The van der Waals surface area contributed by atoms with Gasteiger partial charge in [0.1, 0.15) is 0 Å². The zero-order valence-electron chi connectivity index (χ0n) is 10.0. The van der Waals surface area contributed by atoms with Crippen molar-refractivity contribution in [2.24, 2.45) is 0 Å². The van der Waals surface area contributed by atoms with Crippen LogP contribution in [0.15, 0.2) is 0 Å². The van der Waals surface area contributed by atoms with Crippen molar-refractivity contribution in [1.29, 1.82) is 0 Å². The second-order valence-electron chi connectivity index (χ2n) is 2.48. The average molecular weight is 482 g/mol. The molecule has 0 radical (unpaired) electrons. The van der Waals surface area contributed by atoms with Gasteiger partial charge in [0.2, 0.25) is 0 Å². The van der Waals surface area contributed by atoms with E-state index in [0.717, 1.165) is 20.8 Å². The first-order valence-electron chi connectivity index (χ1n) is 3.97. The largest absolute Gasteiger partial charge is 2.00 e. The van der Waals surface area contributed by atoms with Crippen molar-refractivity contribution in [2.75, 3.05) is 0 Å². The summed E-state index contributed by atoms with van der Waals surface area (Å²) in [4.78, 5) is 27.6. The van der Waals surface area contributed by atoms with Crippen molar-refractivity contribution in [3.8, 4) is 0 Å². The second kappa shape index (κ2) is 20.0. The molecule has 0 aromatic rings. The fourth-order valence-corrected chi connectivity index (χ4v) is 0. The summed E-state index contributed by atoms with van der Waals surface area (Å²) >= 11 is 0. The predicted octanol–water partition coefficient (Wildman–Crippen LogP) is -5.39. The summed E-state index contributed by atoms with van der Waals surface area (Å²) in [6.45, 7) is 3.24. The van der Waals surface area contributed by atoms with E-state index in [2.05, 4.69) is 0 Å². The number of aliphatic hydroxyl groups is 2. The Bertz CT molecular complexity index is 209. The number of rotatable bonds is 2. The van der Waals surface area contributed by atoms with Gasteiger partial charge in [0.05, 0.1) is 24.1 Å². The van der Waals surface area contributed by atoms with Crippen LogP contribution in [0.2, 0.25) is 0 Å². The maximum atomic E-state index is 9.34. The van der Waals surface area contributed by atoms with Crippen LogP contribution in [0.25, 0.3) is 0 Å². The van der Waals surface area contributed by atoms with Gasteiger partial charge >= 0.3 is 71.3 Å². The minimum absolute atomic E-state index is 0. The summed E-state index contributed by atoms with van der Waals surface area (Å²) in [6, 6.07) is 0. The predicted molar refractivity (Wildman–Crippen MR) is 49.8 cm³/mol. The molecular weight excluding hydrogens is 469 g/mol. The van der Waals surface area contributed by atoms with E-state index in [4.69, 9.17) is 20.1 Å². The number of hydrogen-bond acceptors (Lipinski definition) is 8. The molecule has 18 heavy (non-hydrogen) atoms. The Morgan fingerprint density at radius 1 is 0.889 bits per heavy atom. The number of carbonyl (C=O) groups is 3. The monoisotopic (exact) mass is 482 g/mol. The van der Waals surface area contributed by atoms with Crippen molar-refractivity contribution in [3.63, 3.8) is 0 Å². The normalized spacial score (nSPS) is 10.5. The van der Waals surface area contributed by atoms with Gasteiger partial charge in [-0.25, -0.2) is 0 Å². The van der Waals surface area contributed by atoms with Gasteiger partial charge in [-0.1, -0.05) is 0 Å². The fraction of sp³-hybridized carbons (Fsp3) is 0.625. The van der Waals surface area contributed by atoms with E-state index in [1.807, 2.05) is 0 Å². The molecule has 0 aliphatic carbocycles. The Kier molecular flexibility index (Phi) is 34.6. The summed E-state index contributed by atoms with van der Waals surface area (Å²) < 4.78 is 0. The summed E-state index contributed by atoms with van der Waals surface area (Å²) in [5.41, 5.74) is 0. The maximum absolute atomic E-state index is 9.34. The first-order valence-corrected chi connectivity index (χ1v) is 3.97. The molecule has 0 aliphatic heterocycles. The molecule has 2 atom stereocenters. The van der Waals surface area contributed by atoms with E-state index in [0.29, 0.717) is 0 Å². The van der Waals surface area contributed by atoms with Gasteiger partial charge in [-0.05, 0) is 20.8 Å². The molecule has 8 nitrogen and oxygen atoms in total. The van der Waals surface area contributed by atoms with Crippen LogP contribution >= 0.6 is 0 Å². The molecule has 0 aliphatic rings. The number of aliphatic hydroxyl groups excluding tert-OH is 2. The third-order valence-corrected chi connectivity index (χ3v) is 0.682. The third kappa shape index (κ3) is 54.5. The molecule has 2 N–H and O–H groups in total. The number of hydrogen-bond donors (Lipinski definition) is 2. The van der Waals surface area contributed by atoms with Crippen LogP contribution in [0.1, 0.15) is 20.8 Å². The number of aliphatic carboxylic acids is 3. The molecule has 0 rings (SSSR count). The Morgan fingerprint density at radius 3 is 0.944 bits per heavy atom. The van der Waals surface area contributed by atoms with E-state index in [-0.39, 0.29) is 71.3 Å². The van der Waals surface area contributed by atoms with Crippen molar-refractivity contribution < 1.29 is 62.3 Å². The standard InChI is InChI=1S/2C3H6O3.C2H4O2.Ag.Ba/c2*1-2(4)3(5)6;1-2(3)4;;/h2*2,4H,1H3,(H,5,6);1H3,(H,3,4);;/q;;;+1;+2/p-3. The van der Waals surface area contributed by atoms with Crippen LogP contribution in [-0.2, 0) is 36.8 Å². The Labute approximate surface area is 160 Å². The number of carbonyl (C=O) groups excluding carboxylic acids is 3. The van der Waals surface area contributed by atoms with Crippen molar-refractivity contribution in [2.45, 2.75) is 33.0 Å². The Morgan fingerprint density at radius 2 is 0.944 bits per heavy atom. The third-order valence-electron chi connectivity index (χ3n) is 0.682. The molecule has 0 aromatic carbocycles. The molecule has 0 amide bonds. The molecule has 106 valence electrons. The maximum Gasteiger partial charge on any atom is 2.00 e. The SMILES string of the molecule is CC(=O)[O-].CC(O)C(=O)[O-].CC(O)C(=O)[O-].[Ag+].[Ba+2]. The Balaban J connectivity index is -0.0000000454. The van der Waals surface area contributed by atoms with E-state index < -0.39 is 30.1 Å². The van der Waals surface area contributed by atoms with Gasteiger partial charge < -0.3 is 39.9 Å². The molecule has 0 aromatic heterocycles. The van der Waals surface area contributed by atoms with E-state index in [1.165, 1.54) is 0 Å². The second-order valence-corrected chi connectivity index (χ2v) is 2.48. The van der Waals surface area contributed by atoms with Crippen molar-refractivity contribution in [1.82, 2.24) is 0 Å². The summed E-state index contributed by atoms with van der Waals surface area (Å²) in [5.74, 6) is -3.95. The van der Waals surface area contributed by atoms with Crippen LogP contribution < -0.4 is 15.3 Å². The minimum Gasteiger partial charge on any atom is -0.550 e. The zero-order chi connectivity index (χ0) is 13.9. The topological polar surface area (TPSA) is 161 Å². The molecule has 0 spiro atoms. The molecular formula is C8H13AgBaO8. The Hall–Kier alpha value is 0.642. The van der Waals surface area contributed by atoms with E-state index in [1.54, 1.807) is 0 Å². The van der Waals surface area contributed by atoms with Gasteiger partial charge in [0.25, 0.3) is 0 Å². The van der Waals surface area contributed by atoms with E-state index in [9.17, 15) is 19.8 Å². The number of carboxylic acids is 3. The first-order chi connectivity index (χ1) is 7.02. The van der Waals surface area contributed by atoms with Gasteiger partial charge in [-0.15, -0.1) is 0 Å². The van der Waals surface area contributed by atoms with Crippen molar-refractivity contribution >= 4 is 66.8 Å². The summed E-state index contributed by atoms with van der Waals surface area (Å²) in [6.07, 6.45) is -2.69. The van der Waals surface area contributed by atoms with Crippen LogP contribution in [0.3, 0.4) is 0 Å². The molecule has 0 saturated heterocycles. The van der Waals surface area contributed by atoms with E-state index >= 15 is 0 Å². The fourth-order valence-electron chi connectivity index (χ4n) is 0. The molecule has 0 heterocycles. The van der Waals surface area contributed by atoms with Crippen LogP contribution in [0.4, 0.5) is 0 Å². The minimum atomic E-state index is -1.44. The molecule has 0 bridgehead atoms. The van der Waals surface area contributed by atoms with Gasteiger partial charge in [-0.3, -0.25) is 0 Å². The van der Waals surface area contributed by atoms with Crippen LogP contribution in [-0.4, -0.2) is 89.2 Å². The quantitative estimate of drug-likeness (QED) is 0.369. The van der Waals surface area contributed by atoms with Gasteiger partial charge in [0, 0.05) is 5.97 Å². The molecule has 10 heteroatoms. The van der Waals surface area contributed by atoms with Crippen LogP contribution in [0, 0.1) is 0 Å². The zero-order valence-corrected chi connectivity index (χ0v) is 15.9. The molecule has 0 fully saturated rings. The molecule has 0 saturated carbocycles. The van der Waals surface area contributed by atoms with Crippen molar-refractivity contribution in [3.05, 3.63) is 0 Å². The van der Waals surface area contributed by atoms with Crippen LogP contribution in [0.5, 0.6) is 0 Å². The smallest absolute Gasteiger partial charge is 0.550 e. The van der Waals surface area contributed by atoms with Gasteiger partial charge in [0.15, 0.2) is 0 Å². The number of carboxylic acid groups (broad SMARTS) is 3. The summed E-state index contributed by atoms with van der Waals surface area (Å²) in [5, 5.41) is 43.5. The summed E-state index contributed by atoms with van der Waals surface area (Å²) in [7, 11) is 0. The first kappa shape index (κ1) is 31.2. The average Bonchev–Trinajstić information content (AvgIpc) is 2.03.